The quantitative estimate of drug-likeness (QED) is 0.480. The molecule has 23 heavy (non-hydrogen) atoms. The highest BCUT2D eigenvalue weighted by molar-refractivity contribution is 5.95. The summed E-state index contributed by atoms with van der Waals surface area (Å²) in [4.78, 5) is 22.1. The van der Waals surface area contributed by atoms with E-state index in [2.05, 4.69) is 5.32 Å². The fraction of sp³-hybridized carbons (Fsp3) is 0.235. The van der Waals surface area contributed by atoms with Gasteiger partial charge in [-0.25, -0.2) is 0 Å². The summed E-state index contributed by atoms with van der Waals surface area (Å²) in [5.41, 5.74) is 1.53. The standard InChI is InChI=1S/C17H18N2O4/c1-12(20)14-8-9-15(16(10-14)19(21)22)18-11-17(23-2)13-6-4-3-5-7-13/h3-10,17-18H,11H2,1-2H3. The van der Waals surface area contributed by atoms with E-state index in [4.69, 9.17) is 4.74 Å². The molecule has 0 bridgehead atoms. The first kappa shape index (κ1) is 16.6. The highest BCUT2D eigenvalue weighted by Crippen LogP contribution is 2.27. The monoisotopic (exact) mass is 314 g/mol. The fourth-order valence-corrected chi connectivity index (χ4v) is 2.26. The van der Waals surface area contributed by atoms with Crippen molar-refractivity contribution in [2.24, 2.45) is 0 Å². The van der Waals surface area contributed by atoms with Crippen LogP contribution in [-0.2, 0) is 4.74 Å². The molecule has 6 heteroatoms. The molecule has 0 aliphatic heterocycles. The van der Waals surface area contributed by atoms with Crippen molar-refractivity contribution in [3.63, 3.8) is 0 Å². The van der Waals surface area contributed by atoms with Crippen molar-refractivity contribution in [3.8, 4) is 0 Å². The smallest absolute Gasteiger partial charge is 0.293 e. The summed E-state index contributed by atoms with van der Waals surface area (Å²) in [6.45, 7) is 1.75. The Bertz CT molecular complexity index is 701. The molecule has 0 aliphatic carbocycles. The molecule has 2 aromatic carbocycles. The number of hydrogen-bond acceptors (Lipinski definition) is 5. The Morgan fingerprint density at radius 3 is 2.52 bits per heavy atom. The van der Waals surface area contributed by atoms with Gasteiger partial charge in [-0.15, -0.1) is 0 Å². The lowest BCUT2D eigenvalue weighted by atomic mass is 10.1. The lowest BCUT2D eigenvalue weighted by molar-refractivity contribution is -0.384. The number of nitro benzene ring substituents is 1. The number of hydrogen-bond donors (Lipinski definition) is 1. The molecule has 6 nitrogen and oxygen atoms in total. The molecule has 0 fully saturated rings. The average molecular weight is 314 g/mol. The second-order valence-corrected chi connectivity index (χ2v) is 5.06. The fourth-order valence-electron chi connectivity index (χ4n) is 2.26. The molecule has 2 rings (SSSR count). The summed E-state index contributed by atoms with van der Waals surface area (Å²) in [7, 11) is 1.59. The molecule has 0 spiro atoms. The lowest BCUT2D eigenvalue weighted by Gasteiger charge is -2.17. The predicted molar refractivity (Wildman–Crippen MR) is 87.8 cm³/mol. The van der Waals surface area contributed by atoms with Crippen LogP contribution >= 0.6 is 0 Å². The zero-order chi connectivity index (χ0) is 16.8. The molecule has 1 atom stereocenters. The number of nitrogens with zero attached hydrogens (tertiary/aromatic N) is 1. The van der Waals surface area contributed by atoms with Gasteiger partial charge < -0.3 is 10.1 Å². The maximum atomic E-state index is 11.4. The zero-order valence-corrected chi connectivity index (χ0v) is 13.0. The Hall–Kier alpha value is -2.73. The van der Waals surface area contributed by atoms with Crippen LogP contribution in [0.4, 0.5) is 11.4 Å². The molecule has 0 saturated heterocycles. The maximum absolute atomic E-state index is 11.4. The van der Waals surface area contributed by atoms with E-state index in [0.29, 0.717) is 17.8 Å². The van der Waals surface area contributed by atoms with Crippen LogP contribution in [0.3, 0.4) is 0 Å². The van der Waals surface area contributed by atoms with Gasteiger partial charge in [0.25, 0.3) is 5.69 Å². The van der Waals surface area contributed by atoms with Crippen LogP contribution in [0.2, 0.25) is 0 Å². The van der Waals surface area contributed by atoms with Crippen LogP contribution in [0.25, 0.3) is 0 Å². The van der Waals surface area contributed by atoms with Crippen molar-refractivity contribution in [3.05, 3.63) is 69.8 Å². The van der Waals surface area contributed by atoms with Crippen LogP contribution < -0.4 is 5.32 Å². The number of ketones is 1. The normalized spacial score (nSPS) is 11.7. The molecule has 0 heterocycles. The SMILES string of the molecule is COC(CNc1ccc(C(C)=O)cc1[N+](=O)[O-])c1ccccc1. The van der Waals surface area contributed by atoms with Crippen LogP contribution in [0.15, 0.2) is 48.5 Å². The Morgan fingerprint density at radius 2 is 1.96 bits per heavy atom. The molecular formula is C17H18N2O4. The van der Waals surface area contributed by atoms with Gasteiger partial charge in [0.15, 0.2) is 5.78 Å². The summed E-state index contributed by atoms with van der Waals surface area (Å²) in [6, 6.07) is 14.0. The Kier molecular flexibility index (Phi) is 5.43. The molecule has 120 valence electrons. The minimum atomic E-state index is -0.501. The zero-order valence-electron chi connectivity index (χ0n) is 13.0. The molecule has 1 unspecified atom stereocenters. The van der Waals surface area contributed by atoms with Gasteiger partial charge in [-0.1, -0.05) is 30.3 Å². The van der Waals surface area contributed by atoms with Gasteiger partial charge in [0.05, 0.1) is 11.0 Å². The molecule has 0 amide bonds. The minimum absolute atomic E-state index is 0.124. The molecule has 1 N–H and O–H groups in total. The van der Waals surface area contributed by atoms with E-state index in [1.54, 1.807) is 19.2 Å². The number of carbonyl (C=O) groups excluding carboxylic acids is 1. The van der Waals surface area contributed by atoms with E-state index in [-0.39, 0.29) is 17.6 Å². The van der Waals surface area contributed by atoms with Gasteiger partial charge in [-0.3, -0.25) is 14.9 Å². The number of ether oxygens (including phenoxy) is 1. The van der Waals surface area contributed by atoms with Crippen molar-refractivity contribution in [1.82, 2.24) is 0 Å². The van der Waals surface area contributed by atoms with Crippen molar-refractivity contribution >= 4 is 17.2 Å². The molecule has 0 saturated carbocycles. The van der Waals surface area contributed by atoms with Crippen LogP contribution in [-0.4, -0.2) is 24.4 Å². The van der Waals surface area contributed by atoms with Gasteiger partial charge >= 0.3 is 0 Å². The first-order valence-electron chi connectivity index (χ1n) is 7.14. The van der Waals surface area contributed by atoms with Crippen LogP contribution in [0.1, 0.15) is 28.9 Å². The number of rotatable bonds is 7. The van der Waals surface area contributed by atoms with Gasteiger partial charge in [0, 0.05) is 25.3 Å². The summed E-state index contributed by atoms with van der Waals surface area (Å²) >= 11 is 0. The molecule has 0 aliphatic rings. The van der Waals surface area contributed by atoms with E-state index in [1.807, 2.05) is 30.3 Å². The number of methoxy groups -OCH3 is 1. The highest BCUT2D eigenvalue weighted by atomic mass is 16.6. The topological polar surface area (TPSA) is 81.5 Å². The van der Waals surface area contributed by atoms with Crippen LogP contribution in [0.5, 0.6) is 0 Å². The Labute approximate surface area is 134 Å². The van der Waals surface area contributed by atoms with Gasteiger partial charge in [-0.05, 0) is 24.6 Å². The number of carbonyl (C=O) groups is 1. The predicted octanol–water partition coefficient (Wildman–Crippen LogP) is 3.60. The van der Waals surface area contributed by atoms with Gasteiger partial charge in [0.2, 0.25) is 0 Å². The Morgan fingerprint density at radius 1 is 1.26 bits per heavy atom. The summed E-state index contributed by atoms with van der Waals surface area (Å²) in [5.74, 6) is -0.210. The Balaban J connectivity index is 2.19. The van der Waals surface area contributed by atoms with E-state index in [1.165, 1.54) is 13.0 Å². The number of benzene rings is 2. The third-order valence-electron chi connectivity index (χ3n) is 3.53. The second kappa shape index (κ2) is 7.51. The number of anilines is 1. The van der Waals surface area contributed by atoms with E-state index in [0.717, 1.165) is 5.56 Å². The van der Waals surface area contributed by atoms with Crippen molar-refractivity contribution < 1.29 is 14.5 Å². The third kappa shape index (κ3) is 4.14. The van der Waals surface area contributed by atoms with Crippen molar-refractivity contribution in [2.45, 2.75) is 13.0 Å². The lowest BCUT2D eigenvalue weighted by Crippen LogP contribution is -2.15. The van der Waals surface area contributed by atoms with Gasteiger partial charge in [0.1, 0.15) is 5.69 Å². The molecule has 0 radical (unpaired) electrons. The van der Waals surface area contributed by atoms with Crippen molar-refractivity contribution in [2.75, 3.05) is 19.0 Å². The average Bonchev–Trinajstić information content (AvgIpc) is 2.56. The third-order valence-corrected chi connectivity index (χ3v) is 3.53. The summed E-state index contributed by atoms with van der Waals surface area (Å²) < 4.78 is 5.43. The van der Waals surface area contributed by atoms with Crippen LogP contribution in [0, 0.1) is 10.1 Å². The number of Topliss-reactive ketones (excluding diaryl/α,β-unsaturated/α-hetero) is 1. The largest absolute Gasteiger partial charge is 0.377 e. The summed E-state index contributed by atoms with van der Waals surface area (Å²) in [5, 5.41) is 14.2. The summed E-state index contributed by atoms with van der Waals surface area (Å²) in [6.07, 6.45) is -0.233. The van der Waals surface area contributed by atoms with E-state index < -0.39 is 4.92 Å². The molecule has 0 aromatic heterocycles. The van der Waals surface area contributed by atoms with E-state index in [9.17, 15) is 14.9 Å². The van der Waals surface area contributed by atoms with Gasteiger partial charge in [-0.2, -0.15) is 0 Å². The molecular weight excluding hydrogens is 296 g/mol. The number of nitrogens with one attached hydrogen (secondary N) is 1. The van der Waals surface area contributed by atoms with Crippen molar-refractivity contribution in [1.29, 1.82) is 0 Å². The first-order chi connectivity index (χ1) is 11.0. The van der Waals surface area contributed by atoms with E-state index >= 15 is 0 Å². The second-order valence-electron chi connectivity index (χ2n) is 5.06. The highest BCUT2D eigenvalue weighted by Gasteiger charge is 2.18. The number of nitro groups is 1. The molecule has 2 aromatic rings. The first-order valence-corrected chi connectivity index (χ1v) is 7.14. The minimum Gasteiger partial charge on any atom is -0.377 e. The maximum Gasteiger partial charge on any atom is 0.293 e.